The highest BCUT2D eigenvalue weighted by atomic mass is 35.5. The van der Waals surface area contributed by atoms with Crippen molar-refractivity contribution in [1.82, 2.24) is 10.6 Å². The molecule has 0 unspecified atom stereocenters. The summed E-state index contributed by atoms with van der Waals surface area (Å²) in [6, 6.07) is 13.9. The SMILES string of the molecule is CC(=O)N[C@@H](Cc1ccccc1)C(=O)N[C@H](Cc1ccc(Cl)cc1)C(=O)O. The van der Waals surface area contributed by atoms with Crippen LogP contribution in [0.2, 0.25) is 5.02 Å². The monoisotopic (exact) mass is 388 g/mol. The first-order valence-corrected chi connectivity index (χ1v) is 8.81. The van der Waals surface area contributed by atoms with Gasteiger partial charge >= 0.3 is 5.97 Å². The van der Waals surface area contributed by atoms with E-state index in [4.69, 9.17) is 11.6 Å². The van der Waals surface area contributed by atoms with Gasteiger partial charge < -0.3 is 15.7 Å². The number of aliphatic carboxylic acids is 1. The molecule has 3 N–H and O–H groups in total. The Bertz CT molecular complexity index is 793. The molecule has 0 fully saturated rings. The maximum atomic E-state index is 12.6. The number of carbonyl (C=O) groups excluding carboxylic acids is 2. The quantitative estimate of drug-likeness (QED) is 0.646. The molecular weight excluding hydrogens is 368 g/mol. The van der Waals surface area contributed by atoms with Crippen molar-refractivity contribution in [1.29, 1.82) is 0 Å². The van der Waals surface area contributed by atoms with Crippen LogP contribution in [0.5, 0.6) is 0 Å². The number of carboxylic acids is 1. The lowest BCUT2D eigenvalue weighted by molar-refractivity contribution is -0.142. The zero-order valence-corrected chi connectivity index (χ0v) is 15.6. The molecule has 0 aliphatic rings. The Labute approximate surface area is 162 Å². The van der Waals surface area contributed by atoms with Crippen LogP contribution in [-0.4, -0.2) is 35.0 Å². The van der Waals surface area contributed by atoms with Crippen LogP contribution in [0.1, 0.15) is 18.1 Å². The zero-order valence-electron chi connectivity index (χ0n) is 14.8. The summed E-state index contributed by atoms with van der Waals surface area (Å²) in [6.45, 7) is 1.31. The van der Waals surface area contributed by atoms with Crippen molar-refractivity contribution in [3.8, 4) is 0 Å². The molecule has 2 atom stereocenters. The van der Waals surface area contributed by atoms with Crippen LogP contribution in [0.4, 0.5) is 0 Å². The van der Waals surface area contributed by atoms with Crippen LogP contribution in [0.3, 0.4) is 0 Å². The zero-order chi connectivity index (χ0) is 19.8. The van der Waals surface area contributed by atoms with Gasteiger partial charge in [0.05, 0.1) is 0 Å². The molecule has 142 valence electrons. The highest BCUT2D eigenvalue weighted by molar-refractivity contribution is 6.30. The second-order valence-electron chi connectivity index (χ2n) is 6.17. The number of carboxylic acid groups (broad SMARTS) is 1. The third-order valence-electron chi connectivity index (χ3n) is 3.94. The van der Waals surface area contributed by atoms with Gasteiger partial charge in [-0.05, 0) is 23.3 Å². The topological polar surface area (TPSA) is 95.5 Å². The van der Waals surface area contributed by atoms with Crippen LogP contribution in [0.15, 0.2) is 54.6 Å². The van der Waals surface area contributed by atoms with Gasteiger partial charge in [-0.25, -0.2) is 4.79 Å². The van der Waals surface area contributed by atoms with Gasteiger partial charge in [0.2, 0.25) is 11.8 Å². The van der Waals surface area contributed by atoms with Crippen LogP contribution in [0.25, 0.3) is 0 Å². The first kappa shape index (κ1) is 20.5. The second kappa shape index (κ2) is 9.73. The average Bonchev–Trinajstić information content (AvgIpc) is 2.62. The molecule has 2 amide bonds. The number of nitrogens with one attached hydrogen (secondary N) is 2. The molecule has 0 aliphatic heterocycles. The molecule has 0 spiro atoms. The first-order chi connectivity index (χ1) is 12.8. The van der Waals surface area contributed by atoms with Gasteiger partial charge in [-0.3, -0.25) is 9.59 Å². The summed E-state index contributed by atoms with van der Waals surface area (Å²) in [6.07, 6.45) is 0.371. The lowest BCUT2D eigenvalue weighted by Crippen LogP contribution is -2.52. The maximum Gasteiger partial charge on any atom is 0.326 e. The minimum absolute atomic E-state index is 0.108. The van der Waals surface area contributed by atoms with Crippen molar-refractivity contribution in [2.75, 3.05) is 0 Å². The molecule has 2 rings (SSSR count). The third kappa shape index (κ3) is 6.75. The van der Waals surface area contributed by atoms with E-state index in [1.807, 2.05) is 30.3 Å². The van der Waals surface area contributed by atoms with E-state index in [0.29, 0.717) is 5.02 Å². The predicted molar refractivity (Wildman–Crippen MR) is 102 cm³/mol. The summed E-state index contributed by atoms with van der Waals surface area (Å²) < 4.78 is 0. The maximum absolute atomic E-state index is 12.6. The van der Waals surface area contributed by atoms with Crippen molar-refractivity contribution in [2.45, 2.75) is 31.8 Å². The standard InChI is InChI=1S/C20H21ClN2O4/c1-13(24)22-17(11-14-5-3-2-4-6-14)19(25)23-18(20(26)27)12-15-7-9-16(21)10-8-15/h2-10,17-18H,11-12H2,1H3,(H,22,24)(H,23,25)(H,26,27)/t17-,18+/m0/s1. The number of halogens is 1. The molecule has 0 radical (unpaired) electrons. The number of hydrogen-bond donors (Lipinski definition) is 3. The van der Waals surface area contributed by atoms with Crippen LogP contribution in [0, 0.1) is 0 Å². The summed E-state index contributed by atoms with van der Waals surface area (Å²) >= 11 is 5.84. The Morgan fingerprint density at radius 3 is 2.00 bits per heavy atom. The molecule has 0 heterocycles. The fourth-order valence-corrected chi connectivity index (χ4v) is 2.76. The summed E-state index contributed by atoms with van der Waals surface area (Å²) in [5.74, 6) is -2.06. The van der Waals surface area contributed by atoms with Gasteiger partial charge in [-0.1, -0.05) is 54.1 Å². The number of carbonyl (C=O) groups is 3. The molecule has 0 saturated carbocycles. The van der Waals surface area contributed by atoms with Gasteiger partial charge in [0.15, 0.2) is 0 Å². The highest BCUT2D eigenvalue weighted by Gasteiger charge is 2.26. The summed E-state index contributed by atoms with van der Waals surface area (Å²) in [5.41, 5.74) is 1.59. The molecule has 6 nitrogen and oxygen atoms in total. The van der Waals surface area contributed by atoms with Gasteiger partial charge in [0.25, 0.3) is 0 Å². The molecule has 27 heavy (non-hydrogen) atoms. The predicted octanol–water partition coefficient (Wildman–Crippen LogP) is 2.20. The van der Waals surface area contributed by atoms with Gasteiger partial charge in [-0.15, -0.1) is 0 Å². The largest absolute Gasteiger partial charge is 0.480 e. The molecule has 0 aromatic heterocycles. The Morgan fingerprint density at radius 1 is 0.889 bits per heavy atom. The minimum Gasteiger partial charge on any atom is -0.480 e. The van der Waals surface area contributed by atoms with E-state index < -0.39 is 24.0 Å². The number of rotatable bonds is 8. The van der Waals surface area contributed by atoms with Crippen molar-refractivity contribution < 1.29 is 19.5 Å². The third-order valence-corrected chi connectivity index (χ3v) is 4.20. The average molecular weight is 389 g/mol. The molecule has 7 heteroatoms. The molecule has 0 bridgehead atoms. The first-order valence-electron chi connectivity index (χ1n) is 8.44. The fourth-order valence-electron chi connectivity index (χ4n) is 2.63. The smallest absolute Gasteiger partial charge is 0.326 e. The van der Waals surface area contributed by atoms with Crippen LogP contribution >= 0.6 is 11.6 Å². The summed E-state index contributed by atoms with van der Waals surface area (Å²) in [7, 11) is 0. The van der Waals surface area contributed by atoms with E-state index >= 15 is 0 Å². The molecule has 2 aromatic carbocycles. The highest BCUT2D eigenvalue weighted by Crippen LogP contribution is 2.12. The van der Waals surface area contributed by atoms with Crippen molar-refractivity contribution in [2.24, 2.45) is 0 Å². The Morgan fingerprint density at radius 2 is 1.44 bits per heavy atom. The van der Waals surface area contributed by atoms with E-state index in [1.54, 1.807) is 24.3 Å². The van der Waals surface area contributed by atoms with Crippen LogP contribution in [-0.2, 0) is 27.2 Å². The molecule has 2 aromatic rings. The van der Waals surface area contributed by atoms with Crippen molar-refractivity contribution >= 4 is 29.4 Å². The summed E-state index contributed by atoms with van der Waals surface area (Å²) in [5, 5.41) is 15.1. The van der Waals surface area contributed by atoms with Gasteiger partial charge in [-0.2, -0.15) is 0 Å². The minimum atomic E-state index is -1.15. The van der Waals surface area contributed by atoms with E-state index in [0.717, 1.165) is 11.1 Å². The molecular formula is C20H21ClN2O4. The van der Waals surface area contributed by atoms with Crippen LogP contribution < -0.4 is 10.6 Å². The second-order valence-corrected chi connectivity index (χ2v) is 6.61. The van der Waals surface area contributed by atoms with Crippen molar-refractivity contribution in [3.05, 3.63) is 70.7 Å². The molecule has 0 aliphatic carbocycles. The Hall–Kier alpha value is -2.86. The van der Waals surface area contributed by atoms with E-state index in [1.165, 1.54) is 6.92 Å². The van der Waals surface area contributed by atoms with Gasteiger partial charge in [0, 0.05) is 24.8 Å². The lowest BCUT2D eigenvalue weighted by atomic mass is 10.0. The fraction of sp³-hybridized carbons (Fsp3) is 0.250. The number of amides is 2. The van der Waals surface area contributed by atoms with E-state index in [9.17, 15) is 19.5 Å². The van der Waals surface area contributed by atoms with E-state index in [2.05, 4.69) is 10.6 Å². The normalized spacial score (nSPS) is 12.7. The van der Waals surface area contributed by atoms with E-state index in [-0.39, 0.29) is 18.7 Å². The number of hydrogen-bond acceptors (Lipinski definition) is 3. The van der Waals surface area contributed by atoms with Gasteiger partial charge in [0.1, 0.15) is 12.1 Å². The molecule has 0 saturated heterocycles. The summed E-state index contributed by atoms with van der Waals surface area (Å²) in [4.78, 5) is 35.7. The lowest BCUT2D eigenvalue weighted by Gasteiger charge is -2.21. The Kier molecular flexibility index (Phi) is 7.37. The Balaban J connectivity index is 2.10. The van der Waals surface area contributed by atoms with Crippen molar-refractivity contribution in [3.63, 3.8) is 0 Å². The number of benzene rings is 2.